The van der Waals surface area contributed by atoms with Crippen LogP contribution in [0.5, 0.6) is 11.8 Å². The molecule has 4 fully saturated rings. The van der Waals surface area contributed by atoms with E-state index in [2.05, 4.69) is 35.9 Å². The Kier molecular flexibility index (Phi) is 21.9. The quantitative estimate of drug-likeness (QED) is 0.156. The van der Waals surface area contributed by atoms with Crippen LogP contribution in [0.15, 0.2) is 64.3 Å². The fourth-order valence-electron chi connectivity index (χ4n) is 9.06. The van der Waals surface area contributed by atoms with Gasteiger partial charge in [-0.3, -0.25) is 0 Å². The van der Waals surface area contributed by atoms with Crippen LogP contribution >= 0.6 is 38.6 Å². The number of rotatable bonds is 6. The van der Waals surface area contributed by atoms with Crippen molar-refractivity contribution in [2.45, 2.75) is 78.8 Å². The summed E-state index contributed by atoms with van der Waals surface area (Å²) in [6.07, 6.45) is 2.21. The molecule has 20 nitrogen and oxygen atoms in total. The Bertz CT molecular complexity index is 3080. The highest BCUT2D eigenvalue weighted by Crippen LogP contribution is 2.41. The number of fused-ring (bicyclic) bond motifs is 6. The number of carbonyl (C=O) groups is 2. The minimum absolute atomic E-state index is 0.000917. The first-order chi connectivity index (χ1) is 36.9. The number of ether oxygens (including phenoxy) is 6. The van der Waals surface area contributed by atoms with E-state index in [-0.39, 0.29) is 59.3 Å². The van der Waals surface area contributed by atoms with E-state index in [1.165, 1.54) is 42.2 Å². The molecule has 4 aliphatic rings. The maximum Gasteiger partial charge on any atom is 0.491 e. The number of likely N-dealkylation sites (tertiary alicyclic amines) is 2. The average molecular weight is 1220 g/mol. The van der Waals surface area contributed by atoms with Crippen LogP contribution in [0.2, 0.25) is 0 Å². The number of aryl methyl sites for hydroxylation is 2. The number of hydrogen-bond donors (Lipinski definition) is 2. The minimum Gasteiger partial charge on any atom is -0.472 e. The van der Waals surface area contributed by atoms with E-state index < -0.39 is 47.3 Å². The van der Waals surface area contributed by atoms with E-state index in [0.717, 1.165) is 36.1 Å². The summed E-state index contributed by atoms with van der Waals surface area (Å²) in [4.78, 5) is 46.2. The number of halogens is 3. The van der Waals surface area contributed by atoms with Crippen molar-refractivity contribution in [1.29, 1.82) is 0 Å². The second-order valence-corrected chi connectivity index (χ2v) is 23.4. The zero-order chi connectivity index (χ0) is 57.1. The lowest BCUT2D eigenvalue weighted by molar-refractivity contribution is -0.113. The summed E-state index contributed by atoms with van der Waals surface area (Å²) < 4.78 is 98.7. The Labute approximate surface area is 472 Å². The molecule has 4 bridgehead atoms. The van der Waals surface area contributed by atoms with Gasteiger partial charge in [0.05, 0.1) is 36.4 Å². The molecule has 4 aromatic heterocycles. The molecule has 0 radical (unpaired) electrons. The normalized spacial score (nSPS) is 20.4. The minimum atomic E-state index is -1.73. The third-order valence-corrected chi connectivity index (χ3v) is 15.1. The number of amides is 2. The molecule has 0 saturated carbocycles. The summed E-state index contributed by atoms with van der Waals surface area (Å²) >= 11 is 5.01. The Hall–Kier alpha value is -5.46. The van der Waals surface area contributed by atoms with Crippen LogP contribution in [0, 0.1) is 49.2 Å². The number of hydrogen-bond acceptors (Lipinski definition) is 20. The molecular formula is C50H58BBrF2N6O14S4. The molecule has 2 aromatic carbocycles. The summed E-state index contributed by atoms with van der Waals surface area (Å²) in [6.45, 7) is 19.0. The van der Waals surface area contributed by atoms with Crippen molar-refractivity contribution in [2.75, 3.05) is 52.6 Å². The van der Waals surface area contributed by atoms with Gasteiger partial charge in [0.2, 0.25) is 11.8 Å². The maximum atomic E-state index is 14.6. The standard InChI is InChI=1S/C25H28FN3O4S.C18H22BrN3O4S.C7H8BFO2.2O2S/c1-14-5-6-17(19(26)7-14)18-12-34-22-20(18)27-13-28-23(22)32-21-15-8-29(9-16(21)11-31-10-15)24(30)33-25(2,3)4;1-18(2,3)26-17(23)22-4-10-6-24-7-11(5-22)14(10)25-16-15-13(20-9-21-16)12(19)8-27-15;1-5-2-3-6(8(10)11)7(9)4-5;2*1-3-2/h5-7,12-13,15-16,21H,8-11H2,1-4H3;8-11,14H,4-7H2,1-3H3;2-4,10-11H,1H3;;. The molecule has 4 unspecified atom stereocenters. The summed E-state index contributed by atoms with van der Waals surface area (Å²) in [7, 11) is -1.73. The summed E-state index contributed by atoms with van der Waals surface area (Å²) in [5, 5.41) is 21.1. The number of piperidine rings is 2. The molecular weight excluding hydrogens is 1170 g/mol. The highest BCUT2D eigenvalue weighted by atomic mass is 79.9. The van der Waals surface area contributed by atoms with Crippen LogP contribution in [0.4, 0.5) is 18.4 Å². The van der Waals surface area contributed by atoms with Gasteiger partial charge in [-0.1, -0.05) is 24.3 Å². The van der Waals surface area contributed by atoms with Gasteiger partial charge in [-0.2, -0.15) is 16.8 Å². The zero-order valence-corrected chi connectivity index (χ0v) is 48.6. The van der Waals surface area contributed by atoms with Crippen molar-refractivity contribution in [1.82, 2.24) is 29.7 Å². The van der Waals surface area contributed by atoms with Gasteiger partial charge in [-0.25, -0.2) is 38.3 Å². The number of nitrogens with zero attached hydrogens (tertiary/aromatic N) is 6. The van der Waals surface area contributed by atoms with Crippen LogP contribution in [0.3, 0.4) is 0 Å². The molecule has 420 valence electrons. The van der Waals surface area contributed by atoms with Crippen LogP contribution in [0.1, 0.15) is 52.7 Å². The topological polar surface area (TPSA) is 256 Å². The average Bonchev–Trinajstić information content (AvgIpc) is 3.97. The molecule has 8 heterocycles. The van der Waals surface area contributed by atoms with Gasteiger partial charge in [-0.15, -0.1) is 22.7 Å². The van der Waals surface area contributed by atoms with Crippen LogP contribution in [0.25, 0.3) is 31.6 Å². The first kappa shape index (κ1) is 61.8. The lowest BCUT2D eigenvalue weighted by Crippen LogP contribution is -2.59. The predicted molar refractivity (Wildman–Crippen MR) is 292 cm³/mol. The van der Waals surface area contributed by atoms with Crippen molar-refractivity contribution >= 4 is 107 Å². The van der Waals surface area contributed by atoms with Gasteiger partial charge in [0, 0.05) is 77.2 Å². The lowest BCUT2D eigenvalue weighted by atomic mass is 9.79. The van der Waals surface area contributed by atoms with E-state index in [1.807, 2.05) is 65.3 Å². The van der Waals surface area contributed by atoms with Gasteiger partial charge < -0.3 is 48.3 Å². The lowest BCUT2D eigenvalue weighted by Gasteiger charge is -2.46. The second-order valence-electron chi connectivity index (χ2n) is 20.5. The van der Waals surface area contributed by atoms with E-state index >= 15 is 0 Å². The summed E-state index contributed by atoms with van der Waals surface area (Å²) in [5.41, 5.74) is 3.26. The van der Waals surface area contributed by atoms with Gasteiger partial charge >= 0.3 is 42.4 Å². The third-order valence-electron chi connectivity index (χ3n) is 12.3. The van der Waals surface area contributed by atoms with Crippen molar-refractivity contribution in [3.63, 3.8) is 0 Å². The third kappa shape index (κ3) is 16.3. The molecule has 28 heteroatoms. The Morgan fingerprint density at radius 1 is 0.654 bits per heavy atom. The number of thiophene rings is 2. The summed E-state index contributed by atoms with van der Waals surface area (Å²) in [5.74, 6) is 0.390. The Balaban J connectivity index is 0.000000198. The highest BCUT2D eigenvalue weighted by Gasteiger charge is 2.46. The van der Waals surface area contributed by atoms with E-state index in [1.54, 1.807) is 40.2 Å². The van der Waals surface area contributed by atoms with Gasteiger partial charge in [0.15, 0.2) is 0 Å². The van der Waals surface area contributed by atoms with Crippen molar-refractivity contribution in [3.8, 4) is 22.9 Å². The molecule has 10 rings (SSSR count). The SMILES string of the molecule is CC(C)(C)OC(=O)N1CC2COCC(C1)C2Oc1ncnc2c(Br)csc12.Cc1ccc(-c2csc3c(OC4C5COCC4CN(C(=O)OC(C)(C)C)C5)ncnc23)c(F)c1.Cc1ccc(B(O)O)c(F)c1.O=S=O.O=S=O. The fraction of sp³-hybridized carbons (Fsp3) is 0.480. The van der Waals surface area contributed by atoms with E-state index in [9.17, 15) is 18.4 Å². The zero-order valence-electron chi connectivity index (χ0n) is 43.7. The first-order valence-corrected chi connectivity index (χ1v) is 28.1. The number of carbonyl (C=O) groups excluding carboxylic acids is 2. The van der Waals surface area contributed by atoms with Crippen LogP contribution in [-0.4, -0.2) is 152 Å². The molecule has 4 aliphatic heterocycles. The van der Waals surface area contributed by atoms with Crippen molar-refractivity contribution in [2.24, 2.45) is 23.7 Å². The largest absolute Gasteiger partial charge is 0.491 e. The monoisotopic (exact) mass is 1220 g/mol. The van der Waals surface area contributed by atoms with Crippen molar-refractivity contribution < 1.29 is 73.7 Å². The van der Waals surface area contributed by atoms with Crippen LogP contribution < -0.4 is 14.9 Å². The molecule has 2 N–H and O–H groups in total. The fourth-order valence-corrected chi connectivity index (χ4v) is 11.5. The van der Waals surface area contributed by atoms with Gasteiger partial charge in [-0.05, 0) is 94.6 Å². The molecule has 0 aliphatic carbocycles. The van der Waals surface area contributed by atoms with Crippen molar-refractivity contribution in [3.05, 3.63) is 87.0 Å². The Morgan fingerprint density at radius 2 is 1.06 bits per heavy atom. The molecule has 78 heavy (non-hydrogen) atoms. The van der Waals surface area contributed by atoms with Gasteiger partial charge in [0.25, 0.3) is 0 Å². The predicted octanol–water partition coefficient (Wildman–Crippen LogP) is 7.25. The molecule has 2 amide bonds. The Morgan fingerprint density at radius 3 is 1.49 bits per heavy atom. The molecule has 4 saturated heterocycles. The number of aromatic nitrogens is 4. The smallest absolute Gasteiger partial charge is 0.472 e. The highest BCUT2D eigenvalue weighted by molar-refractivity contribution is 9.10. The molecule has 6 aromatic rings. The van der Waals surface area contributed by atoms with E-state index in [0.29, 0.717) is 75.4 Å². The summed E-state index contributed by atoms with van der Waals surface area (Å²) in [6, 6.07) is 9.43. The first-order valence-electron chi connectivity index (χ1n) is 24.2. The molecule has 4 atom stereocenters. The molecule has 0 spiro atoms. The van der Waals surface area contributed by atoms with Crippen LogP contribution in [-0.2, 0) is 42.1 Å². The number of benzene rings is 2. The van der Waals surface area contributed by atoms with E-state index in [4.69, 9.17) is 55.3 Å². The second kappa shape index (κ2) is 27.6. The maximum absolute atomic E-state index is 14.6. The van der Waals surface area contributed by atoms with Gasteiger partial charge in [0.1, 0.15) is 62.6 Å².